The summed E-state index contributed by atoms with van der Waals surface area (Å²) in [6.45, 7) is 2.51. The van der Waals surface area contributed by atoms with Gasteiger partial charge in [0.15, 0.2) is 5.16 Å². The van der Waals surface area contributed by atoms with Crippen LogP contribution in [0.2, 0.25) is 5.02 Å². The van der Waals surface area contributed by atoms with Crippen LogP contribution in [0.4, 0.5) is 5.69 Å². The fraction of sp³-hybridized carbons (Fsp3) is 0.222. The Kier molecular flexibility index (Phi) is 5.58. The first-order valence-electron chi connectivity index (χ1n) is 8.06. The minimum atomic E-state index is -0.400. The Bertz CT molecular complexity index is 1040. The van der Waals surface area contributed by atoms with Gasteiger partial charge in [0.05, 0.1) is 15.8 Å². The van der Waals surface area contributed by atoms with Crippen LogP contribution in [0.1, 0.15) is 18.9 Å². The van der Waals surface area contributed by atoms with Crippen LogP contribution in [-0.2, 0) is 12.3 Å². The van der Waals surface area contributed by atoms with Gasteiger partial charge in [-0.1, -0.05) is 48.5 Å². The van der Waals surface area contributed by atoms with Crippen molar-refractivity contribution < 1.29 is 4.92 Å². The molecule has 0 radical (unpaired) electrons. The van der Waals surface area contributed by atoms with Crippen molar-refractivity contribution in [3.05, 3.63) is 73.5 Å². The van der Waals surface area contributed by atoms with Crippen molar-refractivity contribution in [3.8, 4) is 0 Å². The van der Waals surface area contributed by atoms with Crippen LogP contribution < -0.4 is 5.56 Å². The molecule has 1 heterocycles. The van der Waals surface area contributed by atoms with Crippen molar-refractivity contribution in [3.63, 3.8) is 0 Å². The van der Waals surface area contributed by atoms with E-state index in [0.717, 1.165) is 6.42 Å². The number of para-hydroxylation sites is 1. The smallest absolute Gasteiger partial charge is 0.273 e. The van der Waals surface area contributed by atoms with Crippen molar-refractivity contribution >= 4 is 40.0 Å². The lowest BCUT2D eigenvalue weighted by atomic mass is 10.2. The Hall–Kier alpha value is -2.38. The van der Waals surface area contributed by atoms with Gasteiger partial charge >= 0.3 is 0 Å². The molecule has 0 saturated heterocycles. The van der Waals surface area contributed by atoms with Gasteiger partial charge in [-0.3, -0.25) is 19.5 Å². The van der Waals surface area contributed by atoms with Crippen molar-refractivity contribution in [2.75, 3.05) is 0 Å². The summed E-state index contributed by atoms with van der Waals surface area (Å²) in [6, 6.07) is 11.6. The largest absolute Gasteiger partial charge is 0.287 e. The van der Waals surface area contributed by atoms with Gasteiger partial charge in [-0.25, -0.2) is 4.98 Å². The number of nitrogens with zero attached hydrogens (tertiary/aromatic N) is 3. The Morgan fingerprint density at radius 3 is 2.77 bits per heavy atom. The van der Waals surface area contributed by atoms with Crippen LogP contribution >= 0.6 is 23.4 Å². The zero-order chi connectivity index (χ0) is 18.7. The number of thioether (sulfide) groups is 1. The van der Waals surface area contributed by atoms with E-state index in [2.05, 4.69) is 4.98 Å². The third kappa shape index (κ3) is 3.73. The molecule has 3 aromatic rings. The molecular formula is C18H16ClN3O3S. The molecule has 2 aromatic carbocycles. The number of halogens is 1. The molecule has 0 spiro atoms. The highest BCUT2D eigenvalue weighted by atomic mass is 35.5. The Balaban J connectivity index is 2.03. The fourth-order valence-electron chi connectivity index (χ4n) is 2.66. The van der Waals surface area contributed by atoms with Crippen LogP contribution in [0.3, 0.4) is 0 Å². The minimum absolute atomic E-state index is 0.0632. The molecule has 3 rings (SSSR count). The monoisotopic (exact) mass is 389 g/mol. The topological polar surface area (TPSA) is 78.0 Å². The van der Waals surface area contributed by atoms with Crippen molar-refractivity contribution in [1.82, 2.24) is 9.55 Å². The summed E-state index contributed by atoms with van der Waals surface area (Å²) in [7, 11) is 0. The van der Waals surface area contributed by atoms with Crippen LogP contribution in [0.25, 0.3) is 10.9 Å². The first kappa shape index (κ1) is 18.4. The molecule has 0 amide bonds. The summed E-state index contributed by atoms with van der Waals surface area (Å²) in [5.74, 6) is 0.347. The molecule has 0 atom stereocenters. The molecule has 0 aliphatic carbocycles. The maximum absolute atomic E-state index is 12.8. The number of benzene rings is 2. The number of hydrogen-bond donors (Lipinski definition) is 0. The maximum Gasteiger partial charge on any atom is 0.273 e. The number of fused-ring (bicyclic) bond motifs is 1. The van der Waals surface area contributed by atoms with Gasteiger partial charge in [-0.15, -0.1) is 0 Å². The average molecular weight is 390 g/mol. The molecule has 0 saturated carbocycles. The zero-order valence-electron chi connectivity index (χ0n) is 14.0. The van der Waals surface area contributed by atoms with E-state index in [0.29, 0.717) is 38.9 Å². The second kappa shape index (κ2) is 7.88. The lowest BCUT2D eigenvalue weighted by Crippen LogP contribution is -2.23. The summed E-state index contributed by atoms with van der Waals surface area (Å²) < 4.78 is 1.62. The van der Waals surface area contributed by atoms with E-state index >= 15 is 0 Å². The first-order valence-corrected chi connectivity index (χ1v) is 9.42. The Labute approximate surface area is 159 Å². The normalized spacial score (nSPS) is 11.0. The minimum Gasteiger partial charge on any atom is -0.287 e. The molecule has 26 heavy (non-hydrogen) atoms. The lowest BCUT2D eigenvalue weighted by molar-refractivity contribution is -0.385. The van der Waals surface area contributed by atoms with Gasteiger partial charge in [-0.2, -0.15) is 0 Å². The van der Waals surface area contributed by atoms with Crippen molar-refractivity contribution in [2.45, 2.75) is 30.8 Å². The Morgan fingerprint density at radius 2 is 2.04 bits per heavy atom. The van der Waals surface area contributed by atoms with Gasteiger partial charge in [0.25, 0.3) is 11.2 Å². The molecule has 8 heteroatoms. The lowest BCUT2D eigenvalue weighted by Gasteiger charge is -2.12. The quantitative estimate of drug-likeness (QED) is 0.265. The van der Waals surface area contributed by atoms with Gasteiger partial charge < -0.3 is 0 Å². The predicted octanol–water partition coefficient (Wildman–Crippen LogP) is 4.66. The molecule has 0 aliphatic heterocycles. The number of rotatable bonds is 6. The predicted molar refractivity (Wildman–Crippen MR) is 104 cm³/mol. The summed E-state index contributed by atoms with van der Waals surface area (Å²) in [5, 5.41) is 12.7. The molecule has 0 fully saturated rings. The van der Waals surface area contributed by atoms with Crippen LogP contribution in [0, 0.1) is 10.1 Å². The van der Waals surface area contributed by atoms with Crippen molar-refractivity contribution in [2.24, 2.45) is 0 Å². The molecule has 1 aromatic heterocycles. The van der Waals surface area contributed by atoms with E-state index in [1.165, 1.54) is 17.8 Å². The number of nitro benzene ring substituents is 1. The third-order valence-corrected chi connectivity index (χ3v) is 5.13. The SMILES string of the molecule is CCCn1c(SCc2ccccc2[N+](=O)[O-])nc2cc(Cl)ccc2c1=O. The fourth-order valence-corrected chi connectivity index (χ4v) is 3.85. The van der Waals surface area contributed by atoms with Crippen LogP contribution in [0.15, 0.2) is 52.4 Å². The number of hydrogen-bond acceptors (Lipinski definition) is 5. The summed E-state index contributed by atoms with van der Waals surface area (Å²) >= 11 is 7.33. The second-order valence-electron chi connectivity index (χ2n) is 5.69. The van der Waals surface area contributed by atoms with Crippen LogP contribution in [-0.4, -0.2) is 14.5 Å². The molecule has 0 bridgehead atoms. The average Bonchev–Trinajstić information content (AvgIpc) is 2.62. The zero-order valence-corrected chi connectivity index (χ0v) is 15.6. The summed E-state index contributed by atoms with van der Waals surface area (Å²) in [4.78, 5) is 28.2. The van der Waals surface area contributed by atoms with Gasteiger partial charge in [0.2, 0.25) is 0 Å². The summed E-state index contributed by atoms with van der Waals surface area (Å²) in [6.07, 6.45) is 0.778. The van der Waals surface area contributed by atoms with Gasteiger partial charge in [-0.05, 0) is 24.6 Å². The standard InChI is InChI=1S/C18H16ClN3O3S/c1-2-9-21-17(23)14-8-7-13(19)10-15(14)20-18(21)26-11-12-5-3-4-6-16(12)22(24)25/h3-8,10H,2,9,11H2,1H3. The highest BCUT2D eigenvalue weighted by Gasteiger charge is 2.16. The molecule has 0 N–H and O–H groups in total. The van der Waals surface area contributed by atoms with E-state index in [4.69, 9.17) is 11.6 Å². The van der Waals surface area contributed by atoms with Crippen molar-refractivity contribution in [1.29, 1.82) is 0 Å². The van der Waals surface area contributed by atoms with Crippen LogP contribution in [0.5, 0.6) is 0 Å². The molecule has 0 unspecified atom stereocenters. The Morgan fingerprint density at radius 1 is 1.27 bits per heavy atom. The van der Waals surface area contributed by atoms with E-state index in [1.807, 2.05) is 6.92 Å². The number of aromatic nitrogens is 2. The summed E-state index contributed by atoms with van der Waals surface area (Å²) in [5.41, 5.74) is 1.05. The second-order valence-corrected chi connectivity index (χ2v) is 7.07. The molecule has 6 nitrogen and oxygen atoms in total. The maximum atomic E-state index is 12.8. The van der Waals surface area contributed by atoms with E-state index < -0.39 is 4.92 Å². The van der Waals surface area contributed by atoms with E-state index in [9.17, 15) is 14.9 Å². The first-order chi connectivity index (χ1) is 12.5. The van der Waals surface area contributed by atoms with E-state index in [1.54, 1.807) is 41.0 Å². The highest BCUT2D eigenvalue weighted by molar-refractivity contribution is 7.98. The highest BCUT2D eigenvalue weighted by Crippen LogP contribution is 2.27. The number of nitro groups is 1. The van der Waals surface area contributed by atoms with E-state index in [-0.39, 0.29) is 11.2 Å². The molecule has 0 aliphatic rings. The third-order valence-electron chi connectivity index (χ3n) is 3.87. The molecule has 134 valence electrons. The van der Waals surface area contributed by atoms with Gasteiger partial charge in [0.1, 0.15) is 0 Å². The molecular weight excluding hydrogens is 374 g/mol. The van der Waals surface area contributed by atoms with Gasteiger partial charge in [0, 0.05) is 29.0 Å².